The van der Waals surface area contributed by atoms with Crippen molar-refractivity contribution in [3.8, 4) is 21.8 Å². The first kappa shape index (κ1) is 13.4. The lowest BCUT2D eigenvalue weighted by Crippen LogP contribution is -1.84. The fourth-order valence-electron chi connectivity index (χ4n) is 1.86. The minimum Gasteiger partial charge on any atom is -0.236 e. The number of nitrogens with zero attached hydrogens (tertiary/aromatic N) is 1. The highest BCUT2D eigenvalue weighted by Gasteiger charge is 2.09. The quantitative estimate of drug-likeness (QED) is 0.592. The zero-order valence-electron chi connectivity index (χ0n) is 10.1. The van der Waals surface area contributed by atoms with Crippen molar-refractivity contribution in [1.29, 1.82) is 0 Å². The van der Waals surface area contributed by atoms with Crippen LogP contribution in [0.1, 0.15) is 0 Å². The van der Waals surface area contributed by atoms with Gasteiger partial charge < -0.3 is 0 Å². The van der Waals surface area contributed by atoms with E-state index >= 15 is 0 Å². The number of benzene rings is 2. The smallest absolute Gasteiger partial charge is 0.126 e. The van der Waals surface area contributed by atoms with Crippen LogP contribution >= 0.6 is 27.3 Å². The normalized spacial score (nSPS) is 10.8. The lowest BCUT2D eigenvalue weighted by Gasteiger charge is -1.99. The van der Waals surface area contributed by atoms with Crippen molar-refractivity contribution in [1.82, 2.24) is 4.98 Å². The van der Waals surface area contributed by atoms with Crippen molar-refractivity contribution in [3.05, 3.63) is 64.0 Å². The van der Waals surface area contributed by atoms with Crippen LogP contribution in [0.5, 0.6) is 0 Å². The zero-order valence-corrected chi connectivity index (χ0v) is 12.5. The van der Waals surface area contributed by atoms with Gasteiger partial charge in [0.05, 0.1) is 5.69 Å². The van der Waals surface area contributed by atoms with Gasteiger partial charge in [-0.2, -0.15) is 0 Å². The molecule has 0 unspecified atom stereocenters. The second-order valence-corrected chi connectivity index (χ2v) is 5.98. The third-order valence-electron chi connectivity index (χ3n) is 2.73. The SMILES string of the molecule is Fc1cc(F)cc(-c2nc(-c3cccc(Br)c3)cs2)c1. The summed E-state index contributed by atoms with van der Waals surface area (Å²) in [4.78, 5) is 4.44. The summed E-state index contributed by atoms with van der Waals surface area (Å²) in [5.41, 5.74) is 2.20. The first-order valence-electron chi connectivity index (χ1n) is 5.80. The average Bonchev–Trinajstić information content (AvgIpc) is 2.87. The van der Waals surface area contributed by atoms with Crippen LogP contribution in [-0.4, -0.2) is 4.98 Å². The topological polar surface area (TPSA) is 12.9 Å². The van der Waals surface area contributed by atoms with E-state index in [0.717, 1.165) is 21.8 Å². The number of aromatic nitrogens is 1. The van der Waals surface area contributed by atoms with Gasteiger partial charge in [0.2, 0.25) is 0 Å². The molecule has 0 aliphatic rings. The van der Waals surface area contributed by atoms with Crippen molar-refractivity contribution in [2.45, 2.75) is 0 Å². The van der Waals surface area contributed by atoms with E-state index in [1.165, 1.54) is 23.5 Å². The number of thiazole rings is 1. The Balaban J connectivity index is 2.02. The van der Waals surface area contributed by atoms with E-state index in [4.69, 9.17) is 0 Å². The van der Waals surface area contributed by atoms with E-state index in [1.54, 1.807) is 0 Å². The number of halogens is 3. The van der Waals surface area contributed by atoms with Crippen LogP contribution in [0.2, 0.25) is 0 Å². The molecule has 1 nitrogen and oxygen atoms in total. The molecule has 0 aliphatic heterocycles. The van der Waals surface area contributed by atoms with Crippen molar-refractivity contribution in [2.75, 3.05) is 0 Å². The Morgan fingerprint density at radius 3 is 2.40 bits per heavy atom. The molecule has 0 spiro atoms. The average molecular weight is 352 g/mol. The van der Waals surface area contributed by atoms with E-state index in [9.17, 15) is 8.78 Å². The molecule has 0 bridgehead atoms. The summed E-state index contributed by atoms with van der Waals surface area (Å²) in [6.45, 7) is 0. The van der Waals surface area contributed by atoms with Crippen molar-refractivity contribution >= 4 is 27.3 Å². The molecule has 0 amide bonds. The van der Waals surface area contributed by atoms with Gasteiger partial charge in [0.15, 0.2) is 0 Å². The first-order chi connectivity index (χ1) is 9.61. The van der Waals surface area contributed by atoms with E-state index < -0.39 is 11.6 Å². The molecule has 0 aliphatic carbocycles. The van der Waals surface area contributed by atoms with Gasteiger partial charge >= 0.3 is 0 Å². The summed E-state index contributed by atoms with van der Waals surface area (Å²) in [5.74, 6) is -1.20. The van der Waals surface area contributed by atoms with E-state index in [0.29, 0.717) is 10.6 Å². The Hall–Kier alpha value is -1.59. The summed E-state index contributed by atoms with van der Waals surface area (Å²) in [6.07, 6.45) is 0. The third kappa shape index (κ3) is 2.78. The van der Waals surface area contributed by atoms with Gasteiger partial charge in [-0.25, -0.2) is 13.8 Å². The molecule has 1 aromatic heterocycles. The van der Waals surface area contributed by atoms with Gasteiger partial charge in [-0.15, -0.1) is 11.3 Å². The first-order valence-corrected chi connectivity index (χ1v) is 7.47. The highest BCUT2D eigenvalue weighted by atomic mass is 79.9. The fraction of sp³-hybridized carbons (Fsp3) is 0. The molecule has 0 saturated heterocycles. The van der Waals surface area contributed by atoms with Gasteiger partial charge in [-0.1, -0.05) is 28.1 Å². The molecule has 0 saturated carbocycles. The number of hydrogen-bond acceptors (Lipinski definition) is 2. The predicted octanol–water partition coefficient (Wildman–Crippen LogP) is 5.52. The molecule has 0 radical (unpaired) electrons. The van der Waals surface area contributed by atoms with Crippen LogP contribution in [0.15, 0.2) is 52.3 Å². The minimum absolute atomic E-state index is 0.453. The standard InChI is InChI=1S/C15H8BrF2NS/c16-11-3-1-2-9(4-11)14-8-20-15(19-14)10-5-12(17)7-13(18)6-10/h1-8H. The molecule has 100 valence electrons. The van der Waals surface area contributed by atoms with Crippen LogP contribution in [-0.2, 0) is 0 Å². The number of hydrogen-bond donors (Lipinski definition) is 0. The summed E-state index contributed by atoms with van der Waals surface area (Å²) in [5, 5.41) is 2.47. The molecule has 0 fully saturated rings. The molecule has 3 rings (SSSR count). The van der Waals surface area contributed by atoms with E-state index in [-0.39, 0.29) is 0 Å². The minimum atomic E-state index is -0.598. The zero-order chi connectivity index (χ0) is 14.1. The van der Waals surface area contributed by atoms with Crippen LogP contribution in [0.3, 0.4) is 0 Å². The van der Waals surface area contributed by atoms with Crippen molar-refractivity contribution in [2.24, 2.45) is 0 Å². The van der Waals surface area contributed by atoms with Crippen molar-refractivity contribution < 1.29 is 8.78 Å². The molecular formula is C15H8BrF2NS. The highest BCUT2D eigenvalue weighted by molar-refractivity contribution is 9.10. The lowest BCUT2D eigenvalue weighted by atomic mass is 10.2. The molecular weight excluding hydrogens is 344 g/mol. The summed E-state index contributed by atoms with van der Waals surface area (Å²) < 4.78 is 27.4. The van der Waals surface area contributed by atoms with Crippen LogP contribution < -0.4 is 0 Å². The summed E-state index contributed by atoms with van der Waals surface area (Å²) in [7, 11) is 0. The van der Waals surface area contributed by atoms with Gasteiger partial charge in [-0.3, -0.25) is 0 Å². The van der Waals surface area contributed by atoms with Crippen molar-refractivity contribution in [3.63, 3.8) is 0 Å². The molecule has 0 N–H and O–H groups in total. The van der Waals surface area contributed by atoms with Crippen LogP contribution in [0.25, 0.3) is 21.8 Å². The summed E-state index contributed by atoms with van der Waals surface area (Å²) in [6, 6.07) is 11.2. The Bertz CT molecular complexity index is 750. The van der Waals surface area contributed by atoms with Gasteiger partial charge in [0, 0.05) is 27.0 Å². The van der Waals surface area contributed by atoms with Gasteiger partial charge in [0.1, 0.15) is 16.6 Å². The molecule has 2 aromatic carbocycles. The monoisotopic (exact) mass is 351 g/mol. The summed E-state index contributed by atoms with van der Waals surface area (Å²) >= 11 is 4.77. The molecule has 5 heteroatoms. The molecule has 20 heavy (non-hydrogen) atoms. The molecule has 0 atom stereocenters. The Labute approximate surface area is 127 Å². The van der Waals surface area contributed by atoms with E-state index in [1.807, 2.05) is 29.6 Å². The lowest BCUT2D eigenvalue weighted by molar-refractivity contribution is 0.584. The van der Waals surface area contributed by atoms with Crippen LogP contribution in [0.4, 0.5) is 8.78 Å². The second kappa shape index (κ2) is 5.42. The Morgan fingerprint density at radius 2 is 1.70 bits per heavy atom. The highest BCUT2D eigenvalue weighted by Crippen LogP contribution is 2.30. The molecule has 3 aromatic rings. The van der Waals surface area contributed by atoms with Gasteiger partial charge in [-0.05, 0) is 24.3 Å². The fourth-order valence-corrected chi connectivity index (χ4v) is 3.08. The Morgan fingerprint density at radius 1 is 0.950 bits per heavy atom. The van der Waals surface area contributed by atoms with E-state index in [2.05, 4.69) is 20.9 Å². The maximum absolute atomic E-state index is 13.2. The second-order valence-electron chi connectivity index (χ2n) is 4.21. The van der Waals surface area contributed by atoms with Crippen LogP contribution in [0, 0.1) is 11.6 Å². The Kier molecular flexibility index (Phi) is 3.63. The third-order valence-corrected chi connectivity index (χ3v) is 4.12. The predicted molar refractivity (Wildman–Crippen MR) is 80.6 cm³/mol. The number of rotatable bonds is 2. The maximum Gasteiger partial charge on any atom is 0.126 e. The largest absolute Gasteiger partial charge is 0.236 e. The van der Waals surface area contributed by atoms with Gasteiger partial charge in [0.25, 0.3) is 0 Å². The maximum atomic E-state index is 13.2. The molecule has 1 heterocycles.